The van der Waals surface area contributed by atoms with Gasteiger partial charge in [0.05, 0.1) is 12.7 Å². The van der Waals surface area contributed by atoms with Crippen molar-refractivity contribution in [3.05, 3.63) is 58.1 Å². The van der Waals surface area contributed by atoms with Crippen molar-refractivity contribution in [1.29, 1.82) is 0 Å². The van der Waals surface area contributed by atoms with Gasteiger partial charge in [0, 0.05) is 16.8 Å². The number of amides is 1. The van der Waals surface area contributed by atoms with Gasteiger partial charge in [-0.2, -0.15) is 0 Å². The van der Waals surface area contributed by atoms with Gasteiger partial charge in [0.25, 0.3) is 5.91 Å². The zero-order valence-electron chi connectivity index (χ0n) is 16.8. The predicted octanol–water partition coefficient (Wildman–Crippen LogP) is 5.13. The van der Waals surface area contributed by atoms with Crippen LogP contribution < -0.4 is 10.1 Å². The van der Waals surface area contributed by atoms with Crippen molar-refractivity contribution in [1.82, 2.24) is 0 Å². The molecule has 0 fully saturated rings. The fourth-order valence-corrected chi connectivity index (χ4v) is 3.51. The van der Waals surface area contributed by atoms with Crippen molar-refractivity contribution < 1.29 is 19.4 Å². The first-order valence-electron chi connectivity index (χ1n) is 9.35. The summed E-state index contributed by atoms with van der Waals surface area (Å²) in [4.78, 5) is 23.8. The molecule has 1 amide bonds. The van der Waals surface area contributed by atoms with E-state index >= 15 is 0 Å². The molecule has 28 heavy (non-hydrogen) atoms. The minimum atomic E-state index is -1.02. The lowest BCUT2D eigenvalue weighted by Gasteiger charge is -2.19. The van der Waals surface area contributed by atoms with Crippen LogP contribution in [-0.4, -0.2) is 24.1 Å². The Balaban J connectivity index is 2.18. The number of carboxylic acid groups (broad SMARTS) is 1. The van der Waals surface area contributed by atoms with Crippen molar-refractivity contribution in [2.75, 3.05) is 12.4 Å². The highest BCUT2D eigenvalue weighted by Gasteiger charge is 2.26. The highest BCUT2D eigenvalue weighted by atomic mass is 16.5. The third kappa shape index (κ3) is 3.52. The molecule has 2 aromatic rings. The lowest BCUT2D eigenvalue weighted by atomic mass is 9.90. The van der Waals surface area contributed by atoms with Gasteiger partial charge in [0.1, 0.15) is 5.75 Å². The van der Waals surface area contributed by atoms with E-state index in [1.807, 2.05) is 18.2 Å². The molecule has 0 aromatic heterocycles. The van der Waals surface area contributed by atoms with Crippen LogP contribution in [0.4, 0.5) is 5.69 Å². The average Bonchev–Trinajstić information content (AvgIpc) is 2.95. The molecule has 0 saturated heterocycles. The van der Waals surface area contributed by atoms with Gasteiger partial charge in [-0.3, -0.25) is 4.79 Å². The molecule has 2 aromatic carbocycles. The summed E-state index contributed by atoms with van der Waals surface area (Å²) in [6.07, 6.45) is 1.82. The number of anilines is 1. The van der Waals surface area contributed by atoms with Gasteiger partial charge >= 0.3 is 5.97 Å². The van der Waals surface area contributed by atoms with Crippen LogP contribution in [0.2, 0.25) is 0 Å². The zero-order valence-corrected chi connectivity index (χ0v) is 16.8. The van der Waals surface area contributed by atoms with Crippen molar-refractivity contribution in [2.45, 2.75) is 39.5 Å². The molecule has 0 unspecified atom stereocenters. The van der Waals surface area contributed by atoms with E-state index in [2.05, 4.69) is 33.0 Å². The SMILES string of the molecule is COc1c(C(C)C)cc(/C=C2\C(=O)Nc3ccc(C(=O)O)cc32)cc1C(C)C. The molecule has 1 aliphatic rings. The Morgan fingerprint density at radius 2 is 1.68 bits per heavy atom. The van der Waals surface area contributed by atoms with Crippen LogP contribution in [0.25, 0.3) is 11.6 Å². The first kappa shape index (κ1) is 19.7. The van der Waals surface area contributed by atoms with Crippen LogP contribution in [0.3, 0.4) is 0 Å². The minimum Gasteiger partial charge on any atom is -0.496 e. The smallest absolute Gasteiger partial charge is 0.335 e. The number of carboxylic acids is 1. The maximum absolute atomic E-state index is 12.5. The van der Waals surface area contributed by atoms with E-state index in [4.69, 9.17) is 4.74 Å². The van der Waals surface area contributed by atoms with E-state index in [1.165, 1.54) is 12.1 Å². The van der Waals surface area contributed by atoms with E-state index in [0.717, 1.165) is 22.4 Å². The molecule has 146 valence electrons. The molecule has 5 nitrogen and oxygen atoms in total. The summed E-state index contributed by atoms with van der Waals surface area (Å²) >= 11 is 0. The van der Waals surface area contributed by atoms with Gasteiger partial charge in [0.15, 0.2) is 0 Å². The number of methoxy groups -OCH3 is 1. The molecular formula is C23H25NO4. The zero-order chi connectivity index (χ0) is 20.6. The summed E-state index contributed by atoms with van der Waals surface area (Å²) in [5.41, 5.74) is 4.92. The van der Waals surface area contributed by atoms with Crippen LogP contribution in [0.15, 0.2) is 30.3 Å². The molecule has 0 spiro atoms. The number of carbonyl (C=O) groups is 2. The Kier molecular flexibility index (Phi) is 5.27. The maximum Gasteiger partial charge on any atom is 0.335 e. The third-order valence-electron chi connectivity index (χ3n) is 4.98. The second-order valence-corrected chi connectivity index (χ2v) is 7.62. The van der Waals surface area contributed by atoms with Crippen molar-refractivity contribution in [3.63, 3.8) is 0 Å². The monoisotopic (exact) mass is 379 g/mol. The number of hydrogen-bond acceptors (Lipinski definition) is 3. The quantitative estimate of drug-likeness (QED) is 0.706. The number of aromatic carboxylic acids is 1. The van der Waals surface area contributed by atoms with Gasteiger partial charge in [0.2, 0.25) is 0 Å². The molecule has 3 rings (SSSR count). The fourth-order valence-electron chi connectivity index (χ4n) is 3.51. The number of nitrogens with one attached hydrogen (secondary N) is 1. The second-order valence-electron chi connectivity index (χ2n) is 7.62. The summed E-state index contributed by atoms with van der Waals surface area (Å²) in [7, 11) is 1.68. The Morgan fingerprint density at radius 1 is 1.07 bits per heavy atom. The summed E-state index contributed by atoms with van der Waals surface area (Å²) in [6, 6.07) is 8.73. The number of benzene rings is 2. The van der Waals surface area contributed by atoms with Crippen LogP contribution >= 0.6 is 0 Å². The first-order valence-corrected chi connectivity index (χ1v) is 9.35. The highest BCUT2D eigenvalue weighted by molar-refractivity contribution is 6.35. The number of hydrogen-bond donors (Lipinski definition) is 2. The molecular weight excluding hydrogens is 354 g/mol. The maximum atomic E-state index is 12.5. The van der Waals surface area contributed by atoms with Crippen LogP contribution in [0.5, 0.6) is 5.75 Å². The first-order chi connectivity index (χ1) is 13.2. The number of ether oxygens (including phenoxy) is 1. The molecule has 0 bridgehead atoms. The summed E-state index contributed by atoms with van der Waals surface area (Å²) in [6.45, 7) is 8.43. The van der Waals surface area contributed by atoms with Crippen molar-refractivity contribution >= 4 is 29.2 Å². The Morgan fingerprint density at radius 3 is 2.18 bits per heavy atom. The number of fused-ring (bicyclic) bond motifs is 1. The van der Waals surface area contributed by atoms with Gasteiger partial charge in [-0.1, -0.05) is 27.7 Å². The Bertz CT molecular complexity index is 957. The van der Waals surface area contributed by atoms with Crippen molar-refractivity contribution in [3.8, 4) is 5.75 Å². The van der Waals surface area contributed by atoms with E-state index < -0.39 is 5.97 Å². The van der Waals surface area contributed by atoms with E-state index in [9.17, 15) is 14.7 Å². The van der Waals surface area contributed by atoms with Crippen LogP contribution in [0.1, 0.15) is 72.1 Å². The predicted molar refractivity (Wildman–Crippen MR) is 111 cm³/mol. The molecule has 5 heteroatoms. The minimum absolute atomic E-state index is 0.154. The van der Waals surface area contributed by atoms with Crippen LogP contribution in [-0.2, 0) is 4.79 Å². The summed E-state index contributed by atoms with van der Waals surface area (Å²) < 4.78 is 5.68. The molecule has 0 atom stereocenters. The molecule has 1 heterocycles. The van der Waals surface area contributed by atoms with E-state index in [-0.39, 0.29) is 23.3 Å². The molecule has 0 aliphatic carbocycles. The molecule has 2 N–H and O–H groups in total. The molecule has 1 aliphatic heterocycles. The van der Waals surface area contributed by atoms with Crippen LogP contribution in [0, 0.1) is 0 Å². The van der Waals surface area contributed by atoms with E-state index in [0.29, 0.717) is 16.8 Å². The second kappa shape index (κ2) is 7.50. The summed E-state index contributed by atoms with van der Waals surface area (Å²) in [5.74, 6) is 0.153. The standard InChI is InChI=1S/C23H25NO4/c1-12(2)16-8-14(9-17(13(3)4)21(16)28-5)10-19-18-11-15(23(26)27)6-7-20(18)24-22(19)25/h6-13H,1-5H3,(H,24,25)(H,26,27)/b19-10-. The molecule has 0 radical (unpaired) electrons. The lowest BCUT2D eigenvalue weighted by Crippen LogP contribution is -2.04. The van der Waals surface area contributed by atoms with Crippen molar-refractivity contribution in [2.24, 2.45) is 0 Å². The van der Waals surface area contributed by atoms with Gasteiger partial charge in [-0.05, 0) is 64.9 Å². The molecule has 0 saturated carbocycles. The lowest BCUT2D eigenvalue weighted by molar-refractivity contribution is -0.110. The van der Waals surface area contributed by atoms with E-state index in [1.54, 1.807) is 13.2 Å². The van der Waals surface area contributed by atoms with Gasteiger partial charge in [-0.15, -0.1) is 0 Å². The third-order valence-corrected chi connectivity index (χ3v) is 4.98. The number of rotatable bonds is 5. The summed E-state index contributed by atoms with van der Waals surface area (Å²) in [5, 5.41) is 12.1. The average molecular weight is 379 g/mol. The highest BCUT2D eigenvalue weighted by Crippen LogP contribution is 2.38. The Hall–Kier alpha value is -3.08. The van der Waals surface area contributed by atoms with Gasteiger partial charge in [-0.25, -0.2) is 4.79 Å². The number of carbonyl (C=O) groups excluding carboxylic acids is 1. The fraction of sp³-hybridized carbons (Fsp3) is 0.304. The largest absolute Gasteiger partial charge is 0.496 e. The Labute approximate surface area is 165 Å². The topological polar surface area (TPSA) is 75.6 Å². The van der Waals surface area contributed by atoms with Gasteiger partial charge < -0.3 is 15.2 Å². The normalized spacial score (nSPS) is 14.5.